The third-order valence-electron chi connectivity index (χ3n) is 3.20. The normalized spacial score (nSPS) is 25.1. The summed E-state index contributed by atoms with van der Waals surface area (Å²) in [4.78, 5) is 0. The van der Waals surface area contributed by atoms with Gasteiger partial charge in [0, 0.05) is 12.1 Å². The summed E-state index contributed by atoms with van der Waals surface area (Å²) in [6, 6.07) is 6.46. The smallest absolute Gasteiger partial charge is 0.0451 e. The molecule has 0 heterocycles. The van der Waals surface area contributed by atoms with Gasteiger partial charge >= 0.3 is 0 Å². The van der Waals surface area contributed by atoms with Gasteiger partial charge in [0.2, 0.25) is 0 Å². The van der Waals surface area contributed by atoms with E-state index in [2.05, 4.69) is 25.1 Å². The highest BCUT2D eigenvalue weighted by atomic mass is 16.3. The van der Waals surface area contributed by atoms with Crippen LogP contribution in [-0.4, -0.2) is 11.7 Å². The molecule has 2 rings (SSSR count). The molecule has 1 aliphatic carbocycles. The fraction of sp³-hybridized carbons (Fsp3) is 0.500. The molecule has 1 atom stereocenters. The second-order valence-electron chi connectivity index (χ2n) is 4.29. The lowest BCUT2D eigenvalue weighted by molar-refractivity contribution is 0.238. The van der Waals surface area contributed by atoms with E-state index in [-0.39, 0.29) is 12.1 Å². The fourth-order valence-corrected chi connectivity index (χ4v) is 2.32. The Balaban J connectivity index is 2.41. The lowest BCUT2D eigenvalue weighted by Crippen LogP contribution is -2.35. The first-order chi connectivity index (χ1) is 6.65. The van der Waals surface area contributed by atoms with Crippen LogP contribution < -0.4 is 5.73 Å². The van der Waals surface area contributed by atoms with Gasteiger partial charge < -0.3 is 10.8 Å². The van der Waals surface area contributed by atoms with Crippen molar-refractivity contribution in [3.8, 4) is 0 Å². The molecular weight excluding hydrogens is 174 g/mol. The van der Waals surface area contributed by atoms with Crippen molar-refractivity contribution in [3.63, 3.8) is 0 Å². The van der Waals surface area contributed by atoms with Gasteiger partial charge in [-0.25, -0.2) is 0 Å². The fourth-order valence-electron chi connectivity index (χ4n) is 2.32. The molecule has 0 fully saturated rings. The van der Waals surface area contributed by atoms with Gasteiger partial charge in [0.25, 0.3) is 0 Å². The largest absolute Gasteiger partial charge is 0.396 e. The molecule has 0 saturated carbocycles. The average molecular weight is 191 g/mol. The van der Waals surface area contributed by atoms with E-state index in [0.29, 0.717) is 6.42 Å². The minimum atomic E-state index is -0.282. The Kier molecular flexibility index (Phi) is 2.33. The summed E-state index contributed by atoms with van der Waals surface area (Å²) < 4.78 is 0. The van der Waals surface area contributed by atoms with Gasteiger partial charge in [-0.2, -0.15) is 0 Å². The highest BCUT2D eigenvalue weighted by Gasteiger charge is 2.34. The van der Waals surface area contributed by atoms with Gasteiger partial charge in [0.05, 0.1) is 0 Å². The number of rotatable bonds is 2. The Labute approximate surface area is 84.7 Å². The average Bonchev–Trinajstić information content (AvgIpc) is 2.45. The van der Waals surface area contributed by atoms with E-state index in [4.69, 9.17) is 10.8 Å². The Morgan fingerprint density at radius 2 is 2.29 bits per heavy atom. The Bertz CT molecular complexity index is 344. The first kappa shape index (κ1) is 9.69. The van der Waals surface area contributed by atoms with Crippen molar-refractivity contribution in [2.75, 3.05) is 6.61 Å². The summed E-state index contributed by atoms with van der Waals surface area (Å²) in [6.45, 7) is 2.25. The minimum Gasteiger partial charge on any atom is -0.396 e. The number of hydrogen-bond donors (Lipinski definition) is 2. The molecule has 14 heavy (non-hydrogen) atoms. The molecule has 3 N–H and O–H groups in total. The van der Waals surface area contributed by atoms with Gasteiger partial charge in [-0.1, -0.05) is 23.8 Å². The van der Waals surface area contributed by atoms with Crippen molar-refractivity contribution >= 4 is 0 Å². The van der Waals surface area contributed by atoms with Crippen molar-refractivity contribution < 1.29 is 5.11 Å². The standard InChI is InChI=1S/C12H17NO/c1-9-2-3-10-4-5-12(13,6-7-14)11(10)8-9/h2-3,8,14H,4-7,13H2,1H3. The number of nitrogens with two attached hydrogens (primary N) is 1. The number of aryl methyl sites for hydroxylation is 2. The third kappa shape index (κ3) is 1.45. The maximum absolute atomic E-state index is 9.01. The molecule has 1 aliphatic rings. The van der Waals surface area contributed by atoms with E-state index in [0.717, 1.165) is 12.8 Å². The number of aliphatic hydroxyl groups excluding tert-OH is 1. The van der Waals surface area contributed by atoms with Crippen LogP contribution in [0.15, 0.2) is 18.2 Å². The van der Waals surface area contributed by atoms with Gasteiger partial charge in [-0.15, -0.1) is 0 Å². The summed E-state index contributed by atoms with van der Waals surface area (Å²) in [7, 11) is 0. The number of fused-ring (bicyclic) bond motifs is 1. The molecule has 1 aromatic carbocycles. The predicted molar refractivity (Wildman–Crippen MR) is 57.1 cm³/mol. The number of benzene rings is 1. The van der Waals surface area contributed by atoms with Crippen LogP contribution in [0.2, 0.25) is 0 Å². The van der Waals surface area contributed by atoms with Gasteiger partial charge in [0.15, 0.2) is 0 Å². The van der Waals surface area contributed by atoms with Crippen molar-refractivity contribution in [3.05, 3.63) is 34.9 Å². The van der Waals surface area contributed by atoms with Crippen molar-refractivity contribution in [1.82, 2.24) is 0 Å². The zero-order valence-electron chi connectivity index (χ0n) is 8.59. The molecule has 0 amide bonds. The number of hydrogen-bond acceptors (Lipinski definition) is 2. The predicted octanol–water partition coefficient (Wildman–Crippen LogP) is 1.48. The highest BCUT2D eigenvalue weighted by Crippen LogP contribution is 2.37. The SMILES string of the molecule is Cc1ccc2c(c1)C(N)(CCO)CC2. The first-order valence-electron chi connectivity index (χ1n) is 5.15. The van der Waals surface area contributed by atoms with E-state index in [9.17, 15) is 0 Å². The van der Waals surface area contributed by atoms with Crippen molar-refractivity contribution in [1.29, 1.82) is 0 Å². The van der Waals surface area contributed by atoms with Gasteiger partial charge in [-0.05, 0) is 37.3 Å². The topological polar surface area (TPSA) is 46.2 Å². The Morgan fingerprint density at radius 3 is 3.00 bits per heavy atom. The lowest BCUT2D eigenvalue weighted by Gasteiger charge is -2.24. The summed E-state index contributed by atoms with van der Waals surface area (Å²) in [6.07, 6.45) is 2.68. The van der Waals surface area contributed by atoms with E-state index in [1.54, 1.807) is 0 Å². The van der Waals surface area contributed by atoms with E-state index in [1.165, 1.54) is 16.7 Å². The molecule has 1 unspecified atom stereocenters. The van der Waals surface area contributed by atoms with Crippen LogP contribution in [0.3, 0.4) is 0 Å². The molecule has 0 radical (unpaired) electrons. The summed E-state index contributed by atoms with van der Waals surface area (Å²) >= 11 is 0. The lowest BCUT2D eigenvalue weighted by atomic mass is 9.89. The molecular formula is C12H17NO. The molecule has 0 spiro atoms. The zero-order valence-corrected chi connectivity index (χ0v) is 8.59. The van der Waals surface area contributed by atoms with Crippen LogP contribution in [0.4, 0.5) is 0 Å². The van der Waals surface area contributed by atoms with E-state index in [1.807, 2.05) is 0 Å². The van der Waals surface area contributed by atoms with Crippen LogP contribution >= 0.6 is 0 Å². The molecule has 0 saturated heterocycles. The molecule has 2 heteroatoms. The van der Waals surface area contributed by atoms with Crippen LogP contribution in [-0.2, 0) is 12.0 Å². The summed E-state index contributed by atoms with van der Waals surface area (Å²) in [5.41, 5.74) is 9.85. The second-order valence-corrected chi connectivity index (χ2v) is 4.29. The second kappa shape index (κ2) is 3.37. The van der Waals surface area contributed by atoms with Crippen molar-refractivity contribution in [2.45, 2.75) is 31.7 Å². The summed E-state index contributed by atoms with van der Waals surface area (Å²) in [5.74, 6) is 0. The molecule has 0 aromatic heterocycles. The Hall–Kier alpha value is -0.860. The number of aliphatic hydroxyl groups is 1. The summed E-state index contributed by atoms with van der Waals surface area (Å²) in [5, 5.41) is 9.01. The van der Waals surface area contributed by atoms with E-state index >= 15 is 0 Å². The molecule has 1 aromatic rings. The quantitative estimate of drug-likeness (QED) is 0.743. The van der Waals surface area contributed by atoms with Crippen LogP contribution in [0.5, 0.6) is 0 Å². The zero-order chi connectivity index (χ0) is 10.2. The van der Waals surface area contributed by atoms with Crippen LogP contribution in [0.25, 0.3) is 0 Å². The minimum absolute atomic E-state index is 0.171. The van der Waals surface area contributed by atoms with Crippen molar-refractivity contribution in [2.24, 2.45) is 5.73 Å². The van der Waals surface area contributed by atoms with E-state index < -0.39 is 0 Å². The first-order valence-corrected chi connectivity index (χ1v) is 5.15. The maximum atomic E-state index is 9.01. The molecule has 2 nitrogen and oxygen atoms in total. The van der Waals surface area contributed by atoms with Crippen LogP contribution in [0, 0.1) is 6.92 Å². The molecule has 0 bridgehead atoms. The van der Waals surface area contributed by atoms with Gasteiger partial charge in [0.1, 0.15) is 0 Å². The molecule has 0 aliphatic heterocycles. The van der Waals surface area contributed by atoms with Crippen LogP contribution in [0.1, 0.15) is 29.5 Å². The third-order valence-corrected chi connectivity index (χ3v) is 3.20. The molecule has 76 valence electrons. The highest BCUT2D eigenvalue weighted by molar-refractivity contribution is 5.40. The monoisotopic (exact) mass is 191 g/mol. The Morgan fingerprint density at radius 1 is 1.50 bits per heavy atom. The maximum Gasteiger partial charge on any atom is 0.0451 e. The van der Waals surface area contributed by atoms with Gasteiger partial charge in [-0.3, -0.25) is 0 Å².